The predicted octanol–water partition coefficient (Wildman–Crippen LogP) is 7.26. The van der Waals surface area contributed by atoms with E-state index >= 15 is 0 Å². The Labute approximate surface area is 232 Å². The molecule has 2 amide bonds. The number of carbonyl (C=O) groups is 2. The number of benzene rings is 3. The fourth-order valence-corrected chi connectivity index (χ4v) is 5.00. The maximum atomic E-state index is 13.4. The topological polar surface area (TPSA) is 121 Å². The molecule has 0 aliphatic heterocycles. The van der Waals surface area contributed by atoms with Gasteiger partial charge in [-0.3, -0.25) is 15.1 Å². The molecule has 1 aromatic heterocycles. The highest BCUT2D eigenvalue weighted by Crippen LogP contribution is 2.31. The van der Waals surface area contributed by atoms with Crippen LogP contribution in [0.2, 0.25) is 0 Å². The normalized spacial score (nSPS) is 12.7. The molecule has 1 atom stereocenters. The second-order valence-electron chi connectivity index (χ2n) is 10.1. The number of amides is 2. The van der Waals surface area contributed by atoms with Gasteiger partial charge < -0.3 is 10.1 Å². The van der Waals surface area contributed by atoms with Crippen molar-refractivity contribution in [1.82, 2.24) is 4.98 Å². The number of halogens is 1. The zero-order chi connectivity index (χ0) is 29.1. The summed E-state index contributed by atoms with van der Waals surface area (Å²) in [6, 6.07) is 20.1. The summed E-state index contributed by atoms with van der Waals surface area (Å²) < 4.78 is 40.4. The van der Waals surface area contributed by atoms with Gasteiger partial charge in [-0.1, -0.05) is 18.2 Å². The van der Waals surface area contributed by atoms with E-state index in [2.05, 4.69) is 15.6 Å². The second kappa shape index (κ2) is 11.3. The van der Waals surface area contributed by atoms with Crippen LogP contribution in [0.5, 0.6) is 0 Å². The molecule has 0 spiro atoms. The van der Waals surface area contributed by atoms with Crippen LogP contribution in [0, 0.1) is 17.5 Å². The van der Waals surface area contributed by atoms with Gasteiger partial charge in [0.05, 0.1) is 21.2 Å². The molecule has 0 aliphatic rings. The van der Waals surface area contributed by atoms with Crippen LogP contribution in [0.25, 0.3) is 11.1 Å². The lowest BCUT2D eigenvalue weighted by molar-refractivity contribution is 0.0635. The lowest BCUT2D eigenvalue weighted by atomic mass is 10.0. The molecule has 0 saturated carbocycles. The number of ether oxygens (including phenoxy) is 1. The number of nitrogens with one attached hydrogen (secondary N) is 3. The summed E-state index contributed by atoms with van der Waals surface area (Å²) in [5, 5.41) is 5.46. The Kier molecular flexibility index (Phi) is 8.01. The molecule has 40 heavy (non-hydrogen) atoms. The Bertz CT molecular complexity index is 1650. The van der Waals surface area contributed by atoms with Crippen LogP contribution in [-0.4, -0.2) is 26.8 Å². The van der Waals surface area contributed by atoms with Crippen LogP contribution in [0.4, 0.5) is 20.6 Å². The molecular formula is C30H29FN4O4S. The van der Waals surface area contributed by atoms with Crippen LogP contribution in [0.15, 0.2) is 94.9 Å². The minimum Gasteiger partial charge on any atom is -0.444 e. The van der Waals surface area contributed by atoms with E-state index in [4.69, 9.17) is 9.52 Å². The molecule has 0 radical (unpaired) electrons. The highest BCUT2D eigenvalue weighted by Gasteiger charge is 2.19. The second-order valence-corrected chi connectivity index (χ2v) is 12.1. The number of rotatable bonds is 6. The van der Waals surface area contributed by atoms with E-state index in [1.54, 1.807) is 70.2 Å². The largest absolute Gasteiger partial charge is 0.444 e. The molecule has 3 N–H and O–H groups in total. The van der Waals surface area contributed by atoms with Crippen molar-refractivity contribution < 1.29 is 22.9 Å². The van der Waals surface area contributed by atoms with Gasteiger partial charge >= 0.3 is 6.09 Å². The van der Waals surface area contributed by atoms with E-state index in [1.165, 1.54) is 42.6 Å². The molecule has 0 saturated heterocycles. The maximum Gasteiger partial charge on any atom is 0.412 e. The molecular weight excluding hydrogens is 531 g/mol. The number of aromatic nitrogens is 1. The summed E-state index contributed by atoms with van der Waals surface area (Å²) in [6.45, 7) is 7.01. The van der Waals surface area contributed by atoms with Gasteiger partial charge in [0.1, 0.15) is 21.1 Å². The van der Waals surface area contributed by atoms with Crippen molar-refractivity contribution in [3.05, 3.63) is 102 Å². The lowest BCUT2D eigenvalue weighted by Crippen LogP contribution is -2.27. The maximum absolute atomic E-state index is 13.4. The fourth-order valence-electron chi connectivity index (χ4n) is 3.74. The van der Waals surface area contributed by atoms with Gasteiger partial charge in [-0.15, -0.1) is 0 Å². The molecule has 0 fully saturated rings. The van der Waals surface area contributed by atoms with Crippen molar-refractivity contribution in [2.24, 2.45) is 0 Å². The van der Waals surface area contributed by atoms with Crippen molar-refractivity contribution >= 4 is 33.1 Å². The van der Waals surface area contributed by atoms with Gasteiger partial charge in [0, 0.05) is 17.5 Å². The fraction of sp³-hybridized carbons (Fsp3) is 0.167. The Morgan fingerprint density at radius 2 is 1.48 bits per heavy atom. The van der Waals surface area contributed by atoms with Crippen molar-refractivity contribution in [2.75, 3.05) is 10.6 Å². The Morgan fingerprint density at radius 1 is 0.850 bits per heavy atom. The number of nitrogens with zero attached hydrogens (tertiary/aromatic N) is 1. The summed E-state index contributed by atoms with van der Waals surface area (Å²) in [4.78, 5) is 30.3. The molecule has 3 aromatic carbocycles. The van der Waals surface area contributed by atoms with E-state index < -0.39 is 27.3 Å². The highest BCUT2D eigenvalue weighted by molar-refractivity contribution is 7.92. The molecule has 1 unspecified atom stereocenters. The third kappa shape index (κ3) is 6.89. The minimum absolute atomic E-state index is 0.236. The first-order valence-electron chi connectivity index (χ1n) is 12.3. The number of anilines is 2. The van der Waals surface area contributed by atoms with E-state index in [-0.39, 0.29) is 26.9 Å². The monoisotopic (exact) mass is 560 g/mol. The third-order valence-electron chi connectivity index (χ3n) is 5.75. The van der Waals surface area contributed by atoms with Crippen LogP contribution in [0.1, 0.15) is 36.8 Å². The highest BCUT2D eigenvalue weighted by atomic mass is 32.2. The molecule has 0 bridgehead atoms. The first kappa shape index (κ1) is 28.4. The number of hydrogen-bond donors (Lipinski definition) is 3. The Hall–Kier alpha value is -4.57. The van der Waals surface area contributed by atoms with Crippen LogP contribution in [-0.2, 0) is 14.5 Å². The molecule has 206 valence electrons. The van der Waals surface area contributed by atoms with Crippen LogP contribution < -0.4 is 10.6 Å². The number of pyridine rings is 1. The average molecular weight is 561 g/mol. The first-order chi connectivity index (χ1) is 18.8. The summed E-state index contributed by atoms with van der Waals surface area (Å²) >= 11 is 0. The van der Waals surface area contributed by atoms with Gasteiger partial charge in [0.2, 0.25) is 0 Å². The summed E-state index contributed by atoms with van der Waals surface area (Å²) in [5.41, 5.74) is 2.24. The minimum atomic E-state index is -3.31. The molecule has 1 heterocycles. The zero-order valence-electron chi connectivity index (χ0n) is 22.4. The quantitative estimate of drug-likeness (QED) is 0.229. The standard InChI is InChI=1S/C30H29FN4O4S/c1-19-5-13-25(18-33-19)40(32,38)24-14-8-21(9-15-24)28(36)34-27-17-22(20-6-11-23(31)12-7-20)10-16-26(27)35-29(37)39-30(2,3)4/h5-18,32H,1-4H3,(H,34,36)(H,35,37). The predicted molar refractivity (Wildman–Crippen MR) is 152 cm³/mol. The summed E-state index contributed by atoms with van der Waals surface area (Å²) in [5.74, 6) is -0.872. The van der Waals surface area contributed by atoms with Crippen LogP contribution in [0.3, 0.4) is 0 Å². The first-order valence-corrected chi connectivity index (χ1v) is 13.9. The van der Waals surface area contributed by atoms with Gasteiger partial charge in [0.15, 0.2) is 0 Å². The zero-order valence-corrected chi connectivity index (χ0v) is 23.3. The van der Waals surface area contributed by atoms with E-state index in [9.17, 15) is 18.2 Å². The van der Waals surface area contributed by atoms with Gasteiger partial charge in [-0.25, -0.2) is 18.2 Å². The summed E-state index contributed by atoms with van der Waals surface area (Å²) in [7, 11) is -3.31. The molecule has 0 aliphatic carbocycles. The molecule has 4 rings (SSSR count). The van der Waals surface area contributed by atoms with Crippen molar-refractivity contribution in [3.63, 3.8) is 0 Å². The van der Waals surface area contributed by atoms with E-state index in [1.807, 2.05) is 0 Å². The number of carbonyl (C=O) groups excluding carboxylic acids is 2. The number of hydrogen-bond acceptors (Lipinski definition) is 6. The smallest absolute Gasteiger partial charge is 0.412 e. The number of aryl methyl sites for hydroxylation is 1. The van der Waals surface area contributed by atoms with Gasteiger partial charge in [-0.05, 0) is 99.5 Å². The van der Waals surface area contributed by atoms with Crippen LogP contribution >= 0.6 is 0 Å². The van der Waals surface area contributed by atoms with E-state index in [0.29, 0.717) is 16.8 Å². The lowest BCUT2D eigenvalue weighted by Gasteiger charge is -2.21. The van der Waals surface area contributed by atoms with Crippen molar-refractivity contribution in [2.45, 2.75) is 43.1 Å². The van der Waals surface area contributed by atoms with Crippen molar-refractivity contribution in [3.8, 4) is 11.1 Å². The Balaban J connectivity index is 1.61. The summed E-state index contributed by atoms with van der Waals surface area (Å²) in [6.07, 6.45) is 0.719. The average Bonchev–Trinajstić information content (AvgIpc) is 2.89. The van der Waals surface area contributed by atoms with E-state index in [0.717, 1.165) is 5.69 Å². The van der Waals surface area contributed by atoms with Gasteiger partial charge in [0.25, 0.3) is 5.91 Å². The van der Waals surface area contributed by atoms with Gasteiger partial charge in [-0.2, -0.15) is 0 Å². The molecule has 4 aromatic rings. The Morgan fingerprint density at radius 3 is 2.08 bits per heavy atom. The molecule has 8 nitrogen and oxygen atoms in total. The van der Waals surface area contributed by atoms with Crippen molar-refractivity contribution in [1.29, 1.82) is 4.78 Å². The molecule has 10 heteroatoms. The third-order valence-corrected chi connectivity index (χ3v) is 7.59. The SMILES string of the molecule is Cc1ccc(S(=N)(=O)c2ccc(C(=O)Nc3cc(-c4ccc(F)cc4)ccc3NC(=O)OC(C)(C)C)cc2)cn1.